The highest BCUT2D eigenvalue weighted by molar-refractivity contribution is 9.10. The highest BCUT2D eigenvalue weighted by Crippen LogP contribution is 2.31. The van der Waals surface area contributed by atoms with E-state index >= 15 is 0 Å². The molecule has 1 unspecified atom stereocenters. The third kappa shape index (κ3) is 2.70. The maximum Gasteiger partial charge on any atom is 0.201 e. The molecule has 20 heavy (non-hydrogen) atoms. The Kier molecular flexibility index (Phi) is 5.02. The molecule has 0 aromatic carbocycles. The van der Waals surface area contributed by atoms with Gasteiger partial charge in [-0.25, -0.2) is 0 Å². The zero-order valence-electron chi connectivity index (χ0n) is 12.7. The second-order valence-corrected chi connectivity index (χ2v) is 6.57. The van der Waals surface area contributed by atoms with Crippen LogP contribution in [-0.2, 0) is 6.54 Å². The number of nitrogens with zero attached hydrogens (tertiary/aromatic N) is 3. The van der Waals surface area contributed by atoms with Crippen LogP contribution in [0, 0.1) is 0 Å². The van der Waals surface area contributed by atoms with Crippen LogP contribution in [0.1, 0.15) is 56.9 Å². The molecule has 0 amide bonds. The molecule has 1 saturated heterocycles. The van der Waals surface area contributed by atoms with Crippen molar-refractivity contribution in [2.75, 3.05) is 13.1 Å². The van der Waals surface area contributed by atoms with Crippen LogP contribution in [0.2, 0.25) is 0 Å². The first-order valence-corrected chi connectivity index (χ1v) is 8.35. The number of carbonyl (C=O) groups is 1. The van der Waals surface area contributed by atoms with Gasteiger partial charge in [-0.15, -0.1) is 0 Å². The van der Waals surface area contributed by atoms with E-state index in [-0.39, 0.29) is 5.78 Å². The standard InChI is InChI=1S/C15H24BrN3O/c1-4-8-19-13(12(16)11-17-19)14(20)15(3,5-2)18-9-6-7-10-18/h11H,4-10H2,1-3H3. The summed E-state index contributed by atoms with van der Waals surface area (Å²) in [5.41, 5.74) is 0.313. The van der Waals surface area contributed by atoms with Gasteiger partial charge in [0, 0.05) is 6.54 Å². The van der Waals surface area contributed by atoms with Crippen LogP contribution in [-0.4, -0.2) is 39.1 Å². The van der Waals surface area contributed by atoms with Crippen LogP contribution >= 0.6 is 15.9 Å². The molecular formula is C15H24BrN3O. The van der Waals surface area contributed by atoms with Crippen LogP contribution in [0.15, 0.2) is 10.7 Å². The molecule has 1 aliphatic rings. The first kappa shape index (κ1) is 15.7. The van der Waals surface area contributed by atoms with Gasteiger partial charge in [0.05, 0.1) is 16.2 Å². The van der Waals surface area contributed by atoms with Gasteiger partial charge in [-0.2, -0.15) is 5.10 Å². The quantitative estimate of drug-likeness (QED) is 0.743. The molecule has 2 heterocycles. The molecule has 4 nitrogen and oxygen atoms in total. The highest BCUT2D eigenvalue weighted by atomic mass is 79.9. The van der Waals surface area contributed by atoms with Crippen LogP contribution in [0.4, 0.5) is 0 Å². The van der Waals surface area contributed by atoms with Crippen molar-refractivity contribution in [3.8, 4) is 0 Å². The van der Waals surface area contributed by atoms with E-state index in [0.29, 0.717) is 0 Å². The van der Waals surface area contributed by atoms with Gasteiger partial charge >= 0.3 is 0 Å². The number of likely N-dealkylation sites (tertiary alicyclic amines) is 1. The van der Waals surface area contributed by atoms with Crippen LogP contribution in [0.5, 0.6) is 0 Å². The molecule has 1 aromatic rings. The van der Waals surface area contributed by atoms with Crippen molar-refractivity contribution in [3.05, 3.63) is 16.4 Å². The topological polar surface area (TPSA) is 38.1 Å². The van der Waals surface area contributed by atoms with E-state index in [1.54, 1.807) is 6.20 Å². The van der Waals surface area contributed by atoms with Crippen molar-refractivity contribution in [1.82, 2.24) is 14.7 Å². The smallest absolute Gasteiger partial charge is 0.201 e. The number of carbonyl (C=O) groups excluding carboxylic acids is 1. The monoisotopic (exact) mass is 341 g/mol. The molecule has 1 aromatic heterocycles. The van der Waals surface area contributed by atoms with Gasteiger partial charge in [0.15, 0.2) is 0 Å². The first-order chi connectivity index (χ1) is 9.54. The van der Waals surface area contributed by atoms with Gasteiger partial charge < -0.3 is 0 Å². The molecule has 5 heteroatoms. The minimum absolute atomic E-state index is 0.194. The fourth-order valence-electron chi connectivity index (χ4n) is 2.96. The lowest BCUT2D eigenvalue weighted by atomic mass is 9.89. The van der Waals surface area contributed by atoms with E-state index in [2.05, 4.69) is 46.7 Å². The van der Waals surface area contributed by atoms with E-state index in [1.807, 2.05) is 4.68 Å². The molecule has 1 fully saturated rings. The van der Waals surface area contributed by atoms with Gasteiger partial charge in [-0.05, 0) is 61.6 Å². The molecule has 0 N–H and O–H groups in total. The number of aromatic nitrogens is 2. The molecule has 0 bridgehead atoms. The lowest BCUT2D eigenvalue weighted by molar-refractivity contribution is 0.0634. The third-order valence-electron chi connectivity index (χ3n) is 4.43. The number of halogens is 1. The molecule has 0 saturated carbocycles. The summed E-state index contributed by atoms with van der Waals surface area (Å²) >= 11 is 3.50. The van der Waals surface area contributed by atoms with Gasteiger partial charge in [-0.1, -0.05) is 13.8 Å². The zero-order chi connectivity index (χ0) is 14.8. The Hall–Kier alpha value is -0.680. The fraction of sp³-hybridized carbons (Fsp3) is 0.733. The van der Waals surface area contributed by atoms with Crippen LogP contribution < -0.4 is 0 Å². The summed E-state index contributed by atoms with van der Waals surface area (Å²) in [6.07, 6.45) is 5.93. The predicted octanol–water partition coefficient (Wildman–Crippen LogP) is 3.50. The minimum Gasteiger partial charge on any atom is -0.291 e. The van der Waals surface area contributed by atoms with Crippen LogP contribution in [0.25, 0.3) is 0 Å². The SMILES string of the molecule is CCCn1ncc(Br)c1C(=O)C(C)(CC)N1CCCC1. The molecule has 0 radical (unpaired) electrons. The number of aryl methyl sites for hydroxylation is 1. The minimum atomic E-state index is -0.412. The van der Waals surface area contributed by atoms with Crippen molar-refractivity contribution in [3.63, 3.8) is 0 Å². The summed E-state index contributed by atoms with van der Waals surface area (Å²) in [7, 11) is 0. The molecule has 1 atom stereocenters. The average molecular weight is 342 g/mol. The molecule has 2 rings (SSSR count). The number of hydrogen-bond acceptors (Lipinski definition) is 3. The summed E-state index contributed by atoms with van der Waals surface area (Å²) in [6.45, 7) is 9.11. The van der Waals surface area contributed by atoms with Gasteiger partial charge in [0.1, 0.15) is 5.69 Å². The Morgan fingerprint density at radius 3 is 2.60 bits per heavy atom. The van der Waals surface area contributed by atoms with E-state index < -0.39 is 5.54 Å². The number of hydrogen-bond donors (Lipinski definition) is 0. The summed E-state index contributed by atoms with van der Waals surface area (Å²) in [5, 5.41) is 4.33. The Bertz CT molecular complexity index is 479. The molecular weight excluding hydrogens is 318 g/mol. The molecule has 0 aliphatic carbocycles. The Labute approximate surface area is 129 Å². The number of ketones is 1. The van der Waals surface area contributed by atoms with Gasteiger partial charge in [0.2, 0.25) is 5.78 Å². The summed E-state index contributed by atoms with van der Waals surface area (Å²) < 4.78 is 2.66. The lowest BCUT2D eigenvalue weighted by Gasteiger charge is -2.36. The zero-order valence-corrected chi connectivity index (χ0v) is 14.2. The summed E-state index contributed by atoms with van der Waals surface area (Å²) in [4.78, 5) is 15.5. The Balaban J connectivity index is 2.35. The fourth-order valence-corrected chi connectivity index (χ4v) is 3.44. The van der Waals surface area contributed by atoms with Gasteiger partial charge in [0.25, 0.3) is 0 Å². The number of rotatable bonds is 6. The van der Waals surface area contributed by atoms with E-state index in [0.717, 1.165) is 42.6 Å². The van der Waals surface area contributed by atoms with Crippen molar-refractivity contribution in [2.24, 2.45) is 0 Å². The lowest BCUT2D eigenvalue weighted by Crippen LogP contribution is -2.51. The van der Waals surface area contributed by atoms with E-state index in [1.165, 1.54) is 12.8 Å². The van der Waals surface area contributed by atoms with Crippen LogP contribution in [0.3, 0.4) is 0 Å². The molecule has 1 aliphatic heterocycles. The first-order valence-electron chi connectivity index (χ1n) is 7.55. The van der Waals surface area contributed by atoms with E-state index in [4.69, 9.17) is 0 Å². The normalized spacial score (nSPS) is 19.2. The summed E-state index contributed by atoms with van der Waals surface area (Å²) in [6, 6.07) is 0. The molecule has 0 spiro atoms. The largest absolute Gasteiger partial charge is 0.291 e. The van der Waals surface area contributed by atoms with E-state index in [9.17, 15) is 4.79 Å². The maximum absolute atomic E-state index is 13.1. The predicted molar refractivity (Wildman–Crippen MR) is 84.1 cm³/mol. The maximum atomic E-state index is 13.1. The highest BCUT2D eigenvalue weighted by Gasteiger charge is 2.41. The van der Waals surface area contributed by atoms with Crippen molar-refractivity contribution in [2.45, 2.75) is 58.5 Å². The Morgan fingerprint density at radius 2 is 2.05 bits per heavy atom. The van der Waals surface area contributed by atoms with Crippen molar-refractivity contribution in [1.29, 1.82) is 0 Å². The van der Waals surface area contributed by atoms with Gasteiger partial charge in [-0.3, -0.25) is 14.4 Å². The second-order valence-electron chi connectivity index (χ2n) is 5.71. The van der Waals surface area contributed by atoms with Crippen molar-refractivity contribution >= 4 is 21.7 Å². The van der Waals surface area contributed by atoms with Crippen molar-refractivity contribution < 1.29 is 4.79 Å². The third-order valence-corrected chi connectivity index (χ3v) is 5.01. The second kappa shape index (κ2) is 6.39. The Morgan fingerprint density at radius 1 is 1.40 bits per heavy atom. The number of Topliss-reactive ketones (excluding diaryl/α,β-unsaturated/α-hetero) is 1. The molecule has 112 valence electrons. The summed E-state index contributed by atoms with van der Waals surface area (Å²) in [5.74, 6) is 0.194. The average Bonchev–Trinajstić information content (AvgIpc) is 3.08.